The van der Waals surface area contributed by atoms with Gasteiger partial charge in [-0.05, 0) is 24.6 Å². The van der Waals surface area contributed by atoms with Gasteiger partial charge in [0.2, 0.25) is 5.79 Å². The Labute approximate surface area is 102 Å². The highest BCUT2D eigenvalue weighted by molar-refractivity contribution is 9.10. The third kappa shape index (κ3) is 2.13. The van der Waals surface area contributed by atoms with Gasteiger partial charge in [0.1, 0.15) is 5.82 Å². The average molecular weight is 290 g/mol. The summed E-state index contributed by atoms with van der Waals surface area (Å²) in [4.78, 5) is 0. The van der Waals surface area contributed by atoms with Gasteiger partial charge in [-0.1, -0.05) is 15.9 Å². The van der Waals surface area contributed by atoms with Crippen molar-refractivity contribution in [3.05, 3.63) is 34.1 Å². The SMILES string of the molecule is NCC1(c2ccc(Br)cc2F)OCCCO1. The van der Waals surface area contributed by atoms with Gasteiger partial charge in [0.05, 0.1) is 19.8 Å². The van der Waals surface area contributed by atoms with E-state index in [0.717, 1.165) is 6.42 Å². The van der Waals surface area contributed by atoms with Crippen molar-refractivity contribution in [3.63, 3.8) is 0 Å². The minimum absolute atomic E-state index is 0.103. The lowest BCUT2D eigenvalue weighted by atomic mass is 10.0. The van der Waals surface area contributed by atoms with E-state index in [9.17, 15) is 4.39 Å². The highest BCUT2D eigenvalue weighted by Crippen LogP contribution is 2.32. The monoisotopic (exact) mass is 289 g/mol. The number of hydrogen-bond donors (Lipinski definition) is 1. The summed E-state index contributed by atoms with van der Waals surface area (Å²) >= 11 is 3.21. The van der Waals surface area contributed by atoms with Gasteiger partial charge in [0.25, 0.3) is 0 Å². The van der Waals surface area contributed by atoms with Crippen molar-refractivity contribution in [1.82, 2.24) is 0 Å². The first-order valence-corrected chi connectivity index (χ1v) is 5.91. The molecule has 1 fully saturated rings. The average Bonchev–Trinajstić information content (AvgIpc) is 2.30. The molecule has 1 aliphatic rings. The molecule has 0 unspecified atom stereocenters. The molecule has 2 rings (SSSR count). The van der Waals surface area contributed by atoms with E-state index in [1.807, 2.05) is 0 Å². The van der Waals surface area contributed by atoms with Crippen molar-refractivity contribution in [3.8, 4) is 0 Å². The van der Waals surface area contributed by atoms with Crippen LogP contribution >= 0.6 is 15.9 Å². The molecule has 0 aromatic heterocycles. The number of ether oxygens (including phenoxy) is 2. The molecule has 16 heavy (non-hydrogen) atoms. The van der Waals surface area contributed by atoms with Crippen LogP contribution in [0.2, 0.25) is 0 Å². The molecular weight excluding hydrogens is 277 g/mol. The standard InChI is InChI=1S/C11H13BrFNO2/c12-8-2-3-9(10(13)6-8)11(7-14)15-4-1-5-16-11/h2-3,6H,1,4-5,7,14H2. The molecule has 5 heteroatoms. The summed E-state index contributed by atoms with van der Waals surface area (Å²) in [6, 6.07) is 4.77. The van der Waals surface area contributed by atoms with E-state index in [-0.39, 0.29) is 12.4 Å². The predicted octanol–water partition coefficient (Wildman–Crippen LogP) is 2.14. The number of halogens is 2. The first kappa shape index (κ1) is 12.0. The van der Waals surface area contributed by atoms with Gasteiger partial charge in [0.15, 0.2) is 0 Å². The van der Waals surface area contributed by atoms with Crippen LogP contribution in [0.3, 0.4) is 0 Å². The maximum absolute atomic E-state index is 13.8. The van der Waals surface area contributed by atoms with Crippen LogP contribution in [0.25, 0.3) is 0 Å². The molecule has 3 nitrogen and oxygen atoms in total. The summed E-state index contributed by atoms with van der Waals surface area (Å²) < 4.78 is 25.5. The summed E-state index contributed by atoms with van der Waals surface area (Å²) in [5, 5.41) is 0. The van der Waals surface area contributed by atoms with Crippen LogP contribution in [0, 0.1) is 5.82 Å². The molecule has 1 aromatic carbocycles. The topological polar surface area (TPSA) is 44.5 Å². The van der Waals surface area contributed by atoms with E-state index in [1.54, 1.807) is 12.1 Å². The van der Waals surface area contributed by atoms with Crippen LogP contribution in [0.4, 0.5) is 4.39 Å². The van der Waals surface area contributed by atoms with Crippen molar-refractivity contribution >= 4 is 15.9 Å². The van der Waals surface area contributed by atoms with E-state index < -0.39 is 5.79 Å². The zero-order chi connectivity index (χ0) is 11.6. The largest absolute Gasteiger partial charge is 0.345 e. The molecule has 0 bridgehead atoms. The molecule has 0 amide bonds. The van der Waals surface area contributed by atoms with Crippen LogP contribution in [0.15, 0.2) is 22.7 Å². The summed E-state index contributed by atoms with van der Waals surface area (Å²) in [5.74, 6) is -1.50. The maximum atomic E-state index is 13.8. The Kier molecular flexibility index (Phi) is 3.59. The Morgan fingerprint density at radius 1 is 1.38 bits per heavy atom. The lowest BCUT2D eigenvalue weighted by Crippen LogP contribution is -2.44. The third-order valence-electron chi connectivity index (χ3n) is 2.57. The summed E-state index contributed by atoms with van der Waals surface area (Å²) in [6.45, 7) is 1.17. The minimum atomic E-state index is -1.12. The van der Waals surface area contributed by atoms with Crippen LogP contribution < -0.4 is 5.73 Å². The quantitative estimate of drug-likeness (QED) is 0.907. The highest BCUT2D eigenvalue weighted by atomic mass is 79.9. The first-order chi connectivity index (χ1) is 7.68. The molecule has 1 aromatic rings. The van der Waals surface area contributed by atoms with E-state index in [1.165, 1.54) is 6.07 Å². The normalized spacial score (nSPS) is 19.7. The molecule has 0 spiro atoms. The summed E-state index contributed by atoms with van der Waals surface area (Å²) in [5.41, 5.74) is 6.01. The minimum Gasteiger partial charge on any atom is -0.345 e. The zero-order valence-corrected chi connectivity index (χ0v) is 10.3. The Bertz CT molecular complexity index is 380. The third-order valence-corrected chi connectivity index (χ3v) is 3.06. The van der Waals surface area contributed by atoms with Crippen molar-refractivity contribution in [2.24, 2.45) is 5.73 Å². The molecule has 88 valence electrons. The lowest BCUT2D eigenvalue weighted by molar-refractivity contribution is -0.271. The molecule has 0 radical (unpaired) electrons. The smallest absolute Gasteiger partial charge is 0.210 e. The van der Waals surface area contributed by atoms with Gasteiger partial charge in [-0.3, -0.25) is 0 Å². The molecule has 2 N–H and O–H groups in total. The second-order valence-corrected chi connectivity index (χ2v) is 4.55. The van der Waals surface area contributed by atoms with Gasteiger partial charge in [0, 0.05) is 10.0 Å². The van der Waals surface area contributed by atoms with Gasteiger partial charge in [-0.25, -0.2) is 4.39 Å². The van der Waals surface area contributed by atoms with Gasteiger partial charge in [-0.2, -0.15) is 0 Å². The number of rotatable bonds is 2. The van der Waals surface area contributed by atoms with E-state index >= 15 is 0 Å². The molecule has 0 aliphatic carbocycles. The van der Waals surface area contributed by atoms with Gasteiger partial charge < -0.3 is 15.2 Å². The molecule has 0 atom stereocenters. The number of nitrogens with two attached hydrogens (primary N) is 1. The van der Waals surface area contributed by atoms with Crippen molar-refractivity contribution in [1.29, 1.82) is 0 Å². The fraction of sp³-hybridized carbons (Fsp3) is 0.455. The van der Waals surface area contributed by atoms with Crippen LogP contribution in [-0.2, 0) is 15.3 Å². The maximum Gasteiger partial charge on any atom is 0.210 e. The second-order valence-electron chi connectivity index (χ2n) is 3.63. The fourth-order valence-electron chi connectivity index (χ4n) is 1.76. The van der Waals surface area contributed by atoms with E-state index in [2.05, 4.69) is 15.9 Å². The summed E-state index contributed by atoms with van der Waals surface area (Å²) in [6.07, 6.45) is 0.805. The molecule has 1 heterocycles. The highest BCUT2D eigenvalue weighted by Gasteiger charge is 2.37. The zero-order valence-electron chi connectivity index (χ0n) is 8.71. The summed E-state index contributed by atoms with van der Waals surface area (Å²) in [7, 11) is 0. The van der Waals surface area contributed by atoms with Gasteiger partial charge in [-0.15, -0.1) is 0 Å². The van der Waals surface area contributed by atoms with Gasteiger partial charge >= 0.3 is 0 Å². The Balaban J connectivity index is 2.39. The number of benzene rings is 1. The fourth-order valence-corrected chi connectivity index (χ4v) is 2.09. The van der Waals surface area contributed by atoms with Crippen LogP contribution in [0.5, 0.6) is 0 Å². The van der Waals surface area contributed by atoms with Crippen molar-refractivity contribution in [2.45, 2.75) is 12.2 Å². The Morgan fingerprint density at radius 3 is 2.62 bits per heavy atom. The molecule has 0 saturated carbocycles. The lowest BCUT2D eigenvalue weighted by Gasteiger charge is -2.36. The van der Waals surface area contributed by atoms with E-state index in [4.69, 9.17) is 15.2 Å². The predicted molar refractivity (Wildman–Crippen MR) is 61.4 cm³/mol. The Morgan fingerprint density at radius 2 is 2.06 bits per heavy atom. The molecular formula is C11H13BrFNO2. The second kappa shape index (κ2) is 4.79. The molecule has 1 aliphatic heterocycles. The first-order valence-electron chi connectivity index (χ1n) is 5.11. The number of hydrogen-bond acceptors (Lipinski definition) is 3. The van der Waals surface area contributed by atoms with Crippen molar-refractivity contribution in [2.75, 3.05) is 19.8 Å². The van der Waals surface area contributed by atoms with E-state index in [0.29, 0.717) is 23.2 Å². The Hall–Kier alpha value is -0.490. The van der Waals surface area contributed by atoms with Crippen molar-refractivity contribution < 1.29 is 13.9 Å². The van der Waals surface area contributed by atoms with Crippen LogP contribution in [0.1, 0.15) is 12.0 Å². The van der Waals surface area contributed by atoms with Crippen LogP contribution in [-0.4, -0.2) is 19.8 Å². The molecule has 1 saturated heterocycles.